The van der Waals surface area contributed by atoms with Gasteiger partial charge in [0, 0.05) is 23.6 Å². The predicted molar refractivity (Wildman–Crippen MR) is 86.1 cm³/mol. The molecule has 20 heavy (non-hydrogen) atoms. The Hall–Kier alpha value is -1.48. The maximum absolute atomic E-state index is 6.33. The van der Waals surface area contributed by atoms with E-state index < -0.39 is 0 Å². The number of nitrogens with two attached hydrogens (primary N) is 1. The summed E-state index contributed by atoms with van der Waals surface area (Å²) >= 11 is 6.02. The number of halogens is 1. The van der Waals surface area contributed by atoms with E-state index in [1.807, 2.05) is 25.1 Å². The second kappa shape index (κ2) is 6.31. The van der Waals surface area contributed by atoms with Gasteiger partial charge in [-0.3, -0.25) is 0 Å². The molecular formula is C16H22ClN3. The molecule has 2 rings (SSSR count). The zero-order valence-corrected chi connectivity index (χ0v) is 13.2. The average Bonchev–Trinajstić information content (AvgIpc) is 2.73. The monoisotopic (exact) mass is 291 g/mol. The zero-order chi connectivity index (χ0) is 14.7. The van der Waals surface area contributed by atoms with Crippen LogP contribution in [0.15, 0.2) is 18.2 Å². The first kappa shape index (κ1) is 14.9. The van der Waals surface area contributed by atoms with E-state index in [-0.39, 0.29) is 0 Å². The van der Waals surface area contributed by atoms with E-state index in [0.717, 1.165) is 59.3 Å². The van der Waals surface area contributed by atoms with Crippen LogP contribution in [0.4, 0.5) is 5.82 Å². The van der Waals surface area contributed by atoms with Gasteiger partial charge in [-0.1, -0.05) is 37.9 Å². The van der Waals surface area contributed by atoms with Crippen LogP contribution < -0.4 is 5.73 Å². The topological polar surface area (TPSA) is 43.8 Å². The van der Waals surface area contributed by atoms with Crippen molar-refractivity contribution in [3.05, 3.63) is 34.6 Å². The number of aromatic nitrogens is 2. The predicted octanol–water partition coefficient (Wildman–Crippen LogP) is 4.46. The minimum absolute atomic E-state index is 0.742. The highest BCUT2D eigenvalue weighted by Gasteiger charge is 2.16. The van der Waals surface area contributed by atoms with E-state index in [2.05, 4.69) is 18.4 Å². The average molecular weight is 292 g/mol. The summed E-state index contributed by atoms with van der Waals surface area (Å²) in [6.07, 6.45) is 3.16. The van der Waals surface area contributed by atoms with Gasteiger partial charge in [0.2, 0.25) is 0 Å². The highest BCUT2D eigenvalue weighted by atomic mass is 35.5. The smallest absolute Gasteiger partial charge is 0.131 e. The molecule has 0 aliphatic carbocycles. The van der Waals surface area contributed by atoms with E-state index in [1.165, 1.54) is 0 Å². The van der Waals surface area contributed by atoms with Crippen LogP contribution >= 0.6 is 11.6 Å². The largest absolute Gasteiger partial charge is 0.383 e. The minimum Gasteiger partial charge on any atom is -0.383 e. The van der Waals surface area contributed by atoms with Crippen molar-refractivity contribution in [2.45, 2.75) is 46.6 Å². The lowest BCUT2D eigenvalue weighted by Gasteiger charge is -2.08. The van der Waals surface area contributed by atoms with Gasteiger partial charge < -0.3 is 10.3 Å². The number of rotatable bonds is 5. The SMILES string of the molecule is CCCCn1c(CC)nc(-c2ccc(Cl)cc2C)c1N. The molecule has 1 heterocycles. The fraction of sp³-hybridized carbons (Fsp3) is 0.438. The number of aryl methyl sites for hydroxylation is 2. The first-order chi connectivity index (χ1) is 9.58. The first-order valence-corrected chi connectivity index (χ1v) is 7.57. The van der Waals surface area contributed by atoms with Crippen molar-refractivity contribution in [3.63, 3.8) is 0 Å². The lowest BCUT2D eigenvalue weighted by Crippen LogP contribution is -2.06. The van der Waals surface area contributed by atoms with Crippen molar-refractivity contribution in [3.8, 4) is 11.3 Å². The first-order valence-electron chi connectivity index (χ1n) is 7.19. The Morgan fingerprint density at radius 2 is 2.05 bits per heavy atom. The Balaban J connectivity index is 2.49. The van der Waals surface area contributed by atoms with E-state index >= 15 is 0 Å². The number of nitrogens with zero attached hydrogens (tertiary/aromatic N) is 2. The fourth-order valence-electron chi connectivity index (χ4n) is 2.44. The summed E-state index contributed by atoms with van der Waals surface area (Å²) in [6, 6.07) is 5.84. The Labute approximate surface area is 125 Å². The molecule has 0 bridgehead atoms. The summed E-state index contributed by atoms with van der Waals surface area (Å²) < 4.78 is 2.15. The summed E-state index contributed by atoms with van der Waals surface area (Å²) in [6.45, 7) is 7.27. The molecule has 0 saturated carbocycles. The molecule has 0 aliphatic heterocycles. The van der Waals surface area contributed by atoms with Gasteiger partial charge in [0.05, 0.1) is 0 Å². The molecule has 1 aromatic carbocycles. The van der Waals surface area contributed by atoms with Gasteiger partial charge in [0.1, 0.15) is 17.3 Å². The Kier molecular flexibility index (Phi) is 4.71. The molecule has 0 saturated heterocycles. The van der Waals surface area contributed by atoms with E-state index in [0.29, 0.717) is 0 Å². The van der Waals surface area contributed by atoms with Crippen LogP contribution in [-0.4, -0.2) is 9.55 Å². The van der Waals surface area contributed by atoms with Crippen molar-refractivity contribution in [1.82, 2.24) is 9.55 Å². The van der Waals surface area contributed by atoms with Gasteiger partial charge >= 0.3 is 0 Å². The van der Waals surface area contributed by atoms with Gasteiger partial charge in [-0.05, 0) is 31.0 Å². The molecule has 0 atom stereocenters. The molecule has 0 radical (unpaired) electrons. The Morgan fingerprint density at radius 1 is 1.30 bits per heavy atom. The van der Waals surface area contributed by atoms with E-state index in [1.54, 1.807) is 0 Å². The maximum Gasteiger partial charge on any atom is 0.131 e. The van der Waals surface area contributed by atoms with Gasteiger partial charge in [0.15, 0.2) is 0 Å². The van der Waals surface area contributed by atoms with Gasteiger partial charge in [-0.25, -0.2) is 4.98 Å². The fourth-order valence-corrected chi connectivity index (χ4v) is 2.67. The zero-order valence-electron chi connectivity index (χ0n) is 12.4. The van der Waals surface area contributed by atoms with E-state index in [9.17, 15) is 0 Å². The molecule has 2 N–H and O–H groups in total. The number of hydrogen-bond donors (Lipinski definition) is 1. The molecule has 2 aromatic rings. The third-order valence-electron chi connectivity index (χ3n) is 3.58. The molecule has 4 heteroatoms. The summed E-state index contributed by atoms with van der Waals surface area (Å²) in [5.74, 6) is 1.82. The molecule has 0 fully saturated rings. The van der Waals surface area contributed by atoms with Crippen LogP contribution in [0.5, 0.6) is 0 Å². The normalized spacial score (nSPS) is 11.0. The lowest BCUT2D eigenvalue weighted by atomic mass is 10.1. The molecular weight excluding hydrogens is 270 g/mol. The maximum atomic E-state index is 6.33. The number of unbranched alkanes of at least 4 members (excludes halogenated alkanes) is 1. The standard InChI is InChI=1S/C16H22ClN3/c1-4-6-9-20-14(5-2)19-15(16(20)18)13-8-7-12(17)10-11(13)3/h7-8,10H,4-6,9,18H2,1-3H3. The third kappa shape index (κ3) is 2.83. The number of nitrogen functional groups attached to an aromatic ring is 1. The van der Waals surface area contributed by atoms with Gasteiger partial charge in [-0.2, -0.15) is 0 Å². The van der Waals surface area contributed by atoms with Crippen LogP contribution in [-0.2, 0) is 13.0 Å². The van der Waals surface area contributed by atoms with Crippen molar-refractivity contribution in [2.75, 3.05) is 5.73 Å². The van der Waals surface area contributed by atoms with Gasteiger partial charge in [-0.15, -0.1) is 0 Å². The highest BCUT2D eigenvalue weighted by molar-refractivity contribution is 6.30. The molecule has 3 nitrogen and oxygen atoms in total. The van der Waals surface area contributed by atoms with Crippen LogP contribution in [0.3, 0.4) is 0 Å². The van der Waals surface area contributed by atoms with Crippen molar-refractivity contribution in [1.29, 1.82) is 0 Å². The van der Waals surface area contributed by atoms with Crippen LogP contribution in [0.25, 0.3) is 11.3 Å². The molecule has 0 unspecified atom stereocenters. The van der Waals surface area contributed by atoms with Crippen LogP contribution in [0.2, 0.25) is 5.02 Å². The Morgan fingerprint density at radius 3 is 2.65 bits per heavy atom. The summed E-state index contributed by atoms with van der Waals surface area (Å²) in [4.78, 5) is 4.74. The Bertz CT molecular complexity index is 602. The number of imidazole rings is 1. The quantitative estimate of drug-likeness (QED) is 0.884. The lowest BCUT2D eigenvalue weighted by molar-refractivity contribution is 0.612. The molecule has 0 amide bonds. The highest BCUT2D eigenvalue weighted by Crippen LogP contribution is 2.31. The molecule has 0 spiro atoms. The number of hydrogen-bond acceptors (Lipinski definition) is 2. The van der Waals surface area contributed by atoms with Crippen molar-refractivity contribution >= 4 is 17.4 Å². The van der Waals surface area contributed by atoms with E-state index in [4.69, 9.17) is 22.3 Å². The summed E-state index contributed by atoms with van der Waals surface area (Å²) in [7, 11) is 0. The summed E-state index contributed by atoms with van der Waals surface area (Å²) in [5.41, 5.74) is 9.38. The van der Waals surface area contributed by atoms with Crippen LogP contribution in [0, 0.1) is 6.92 Å². The second-order valence-electron chi connectivity index (χ2n) is 5.08. The van der Waals surface area contributed by atoms with Crippen LogP contribution in [0.1, 0.15) is 38.1 Å². The number of benzene rings is 1. The molecule has 1 aromatic heterocycles. The third-order valence-corrected chi connectivity index (χ3v) is 3.82. The second-order valence-corrected chi connectivity index (χ2v) is 5.52. The van der Waals surface area contributed by atoms with Crippen molar-refractivity contribution < 1.29 is 0 Å². The molecule has 108 valence electrons. The minimum atomic E-state index is 0.742. The summed E-state index contributed by atoms with van der Waals surface area (Å²) in [5, 5.41) is 0.742. The molecule has 0 aliphatic rings. The number of anilines is 1. The van der Waals surface area contributed by atoms with Crippen molar-refractivity contribution in [2.24, 2.45) is 0 Å². The van der Waals surface area contributed by atoms with Gasteiger partial charge in [0.25, 0.3) is 0 Å².